The molecule has 0 aromatic heterocycles. The van der Waals surface area contributed by atoms with Gasteiger partial charge in [-0.25, -0.2) is 0 Å². The number of ketones is 1. The number of nitrogens with zero attached hydrogens (tertiary/aromatic N) is 1. The Kier molecular flexibility index (Phi) is 2.06. The Hall–Kier alpha value is -1.90. The van der Waals surface area contributed by atoms with Crippen LogP contribution in [0.4, 0.5) is 5.69 Å². The maximum Gasteiger partial charge on any atom is 0.227 e. The smallest absolute Gasteiger partial charge is 0.227 e. The van der Waals surface area contributed by atoms with E-state index in [-0.39, 0.29) is 17.7 Å². The summed E-state index contributed by atoms with van der Waals surface area (Å²) in [5.74, 6) is 0.392. The summed E-state index contributed by atoms with van der Waals surface area (Å²) in [6.45, 7) is 2.11. The summed E-state index contributed by atoms with van der Waals surface area (Å²) in [4.78, 5) is 26.2. The molecule has 1 amide bonds. The average molecular weight is 253 g/mol. The van der Waals surface area contributed by atoms with E-state index in [1.807, 2.05) is 23.1 Å². The Morgan fingerprint density at radius 1 is 1.26 bits per heavy atom. The van der Waals surface area contributed by atoms with Crippen molar-refractivity contribution in [3.63, 3.8) is 0 Å². The molecular formula is C16H15NO2. The van der Waals surface area contributed by atoms with Crippen molar-refractivity contribution >= 4 is 23.0 Å². The topological polar surface area (TPSA) is 37.4 Å². The number of hydrogen-bond donors (Lipinski definition) is 0. The van der Waals surface area contributed by atoms with Gasteiger partial charge in [-0.2, -0.15) is 0 Å². The molecule has 2 aliphatic heterocycles. The summed E-state index contributed by atoms with van der Waals surface area (Å²) in [5, 5.41) is 0. The Morgan fingerprint density at radius 2 is 2.11 bits per heavy atom. The molecule has 4 rings (SSSR count). The molecule has 0 bridgehead atoms. The lowest BCUT2D eigenvalue weighted by Crippen LogP contribution is -2.32. The highest BCUT2D eigenvalue weighted by atomic mass is 16.2. The quantitative estimate of drug-likeness (QED) is 0.713. The molecule has 1 fully saturated rings. The third-order valence-corrected chi connectivity index (χ3v) is 4.62. The summed E-state index contributed by atoms with van der Waals surface area (Å²) >= 11 is 0. The number of anilines is 1. The number of carbonyl (C=O) groups is 2. The number of carbonyl (C=O) groups excluding carboxylic acids is 2. The van der Waals surface area contributed by atoms with Gasteiger partial charge in [-0.1, -0.05) is 17.7 Å². The van der Waals surface area contributed by atoms with Gasteiger partial charge < -0.3 is 4.90 Å². The van der Waals surface area contributed by atoms with Gasteiger partial charge in [0, 0.05) is 30.0 Å². The molecule has 0 saturated carbocycles. The van der Waals surface area contributed by atoms with Crippen LogP contribution in [0, 0.1) is 0 Å². The Bertz CT molecular complexity index is 657. The van der Waals surface area contributed by atoms with E-state index in [1.54, 1.807) is 0 Å². The van der Waals surface area contributed by atoms with E-state index in [2.05, 4.69) is 6.92 Å². The van der Waals surface area contributed by atoms with Crippen molar-refractivity contribution in [3.05, 3.63) is 34.9 Å². The molecule has 3 nitrogen and oxygen atoms in total. The highest BCUT2D eigenvalue weighted by molar-refractivity contribution is 6.16. The van der Waals surface area contributed by atoms with Crippen molar-refractivity contribution in [2.45, 2.75) is 38.6 Å². The van der Waals surface area contributed by atoms with Crippen molar-refractivity contribution < 1.29 is 9.59 Å². The highest BCUT2D eigenvalue weighted by Gasteiger charge is 2.40. The Balaban J connectivity index is 2.04. The van der Waals surface area contributed by atoms with Crippen molar-refractivity contribution in [1.82, 2.24) is 0 Å². The van der Waals surface area contributed by atoms with Crippen LogP contribution >= 0.6 is 0 Å². The van der Waals surface area contributed by atoms with Crippen LogP contribution in [0.15, 0.2) is 23.8 Å². The zero-order chi connectivity index (χ0) is 13.1. The van der Waals surface area contributed by atoms with E-state index in [1.165, 1.54) is 5.57 Å². The second-order valence-electron chi connectivity index (χ2n) is 5.72. The second-order valence-corrected chi connectivity index (χ2v) is 5.72. The molecule has 96 valence electrons. The van der Waals surface area contributed by atoms with E-state index in [0.29, 0.717) is 12.8 Å². The first-order chi connectivity index (χ1) is 9.16. The minimum atomic E-state index is 0.191. The van der Waals surface area contributed by atoms with Crippen molar-refractivity contribution in [2.75, 3.05) is 4.90 Å². The standard InChI is InChI=1S/C16H15NO2/c1-9-7-10-5-6-15(19)17(10)13-4-2-3-11-14(18)8-12(9)16(11)13/h2-4,10H,5-8H2,1H3. The second kappa shape index (κ2) is 3.56. The highest BCUT2D eigenvalue weighted by Crippen LogP contribution is 2.46. The van der Waals surface area contributed by atoms with Crippen LogP contribution in [0.2, 0.25) is 0 Å². The molecule has 3 heteroatoms. The summed E-state index contributed by atoms with van der Waals surface area (Å²) < 4.78 is 0. The van der Waals surface area contributed by atoms with Crippen LogP contribution in [-0.2, 0) is 4.79 Å². The fraction of sp³-hybridized carbons (Fsp3) is 0.375. The number of Topliss-reactive ketones (excluding diaryl/α,β-unsaturated/α-hetero) is 1. The molecule has 0 N–H and O–H groups in total. The predicted molar refractivity (Wildman–Crippen MR) is 73.1 cm³/mol. The van der Waals surface area contributed by atoms with Gasteiger partial charge in [-0.05, 0) is 31.4 Å². The number of fused-ring (bicyclic) bond motifs is 2. The van der Waals surface area contributed by atoms with Crippen molar-refractivity contribution in [1.29, 1.82) is 0 Å². The maximum atomic E-state index is 12.2. The Labute approximate surface area is 111 Å². The van der Waals surface area contributed by atoms with Crippen LogP contribution in [0.25, 0.3) is 5.57 Å². The molecule has 0 radical (unpaired) electrons. The molecular weight excluding hydrogens is 238 g/mol. The molecule has 2 heterocycles. The summed E-state index contributed by atoms with van der Waals surface area (Å²) in [5.41, 5.74) is 5.23. The summed E-state index contributed by atoms with van der Waals surface area (Å²) in [7, 11) is 0. The number of benzene rings is 1. The van der Waals surface area contributed by atoms with Crippen LogP contribution in [-0.4, -0.2) is 17.7 Å². The van der Waals surface area contributed by atoms with Crippen molar-refractivity contribution in [3.8, 4) is 0 Å². The SMILES string of the molecule is CC1=C2CC(=O)c3cccc(c32)N2C(=O)CCC2C1. The predicted octanol–water partition coefficient (Wildman–Crippen LogP) is 2.95. The lowest BCUT2D eigenvalue weighted by atomic mass is 9.98. The first-order valence-electron chi connectivity index (χ1n) is 6.84. The number of amides is 1. The molecule has 19 heavy (non-hydrogen) atoms. The van der Waals surface area contributed by atoms with Crippen LogP contribution in [0.5, 0.6) is 0 Å². The normalized spacial score (nSPS) is 24.7. The maximum absolute atomic E-state index is 12.2. The third kappa shape index (κ3) is 1.33. The number of allylic oxidation sites excluding steroid dienone is 1. The molecule has 3 aliphatic rings. The molecule has 1 atom stereocenters. The largest absolute Gasteiger partial charge is 0.308 e. The van der Waals surface area contributed by atoms with E-state index in [4.69, 9.17) is 0 Å². The van der Waals surface area contributed by atoms with Gasteiger partial charge in [0.1, 0.15) is 0 Å². The van der Waals surface area contributed by atoms with Gasteiger partial charge in [-0.15, -0.1) is 0 Å². The Morgan fingerprint density at radius 3 is 2.95 bits per heavy atom. The fourth-order valence-corrected chi connectivity index (χ4v) is 3.74. The monoisotopic (exact) mass is 253 g/mol. The molecule has 0 spiro atoms. The van der Waals surface area contributed by atoms with Crippen LogP contribution in [0.3, 0.4) is 0 Å². The minimum absolute atomic E-state index is 0.191. The van der Waals surface area contributed by atoms with E-state index < -0.39 is 0 Å². The lowest BCUT2D eigenvalue weighted by molar-refractivity contribution is -0.117. The summed E-state index contributed by atoms with van der Waals surface area (Å²) in [6, 6.07) is 6.07. The fourth-order valence-electron chi connectivity index (χ4n) is 3.74. The van der Waals surface area contributed by atoms with Gasteiger partial charge >= 0.3 is 0 Å². The molecule has 1 aromatic rings. The van der Waals surface area contributed by atoms with E-state index in [9.17, 15) is 9.59 Å². The van der Waals surface area contributed by atoms with Crippen LogP contribution < -0.4 is 4.90 Å². The van der Waals surface area contributed by atoms with Gasteiger partial charge in [0.25, 0.3) is 0 Å². The minimum Gasteiger partial charge on any atom is -0.308 e. The van der Waals surface area contributed by atoms with E-state index in [0.717, 1.165) is 35.2 Å². The molecule has 1 aliphatic carbocycles. The molecule has 1 saturated heterocycles. The van der Waals surface area contributed by atoms with Gasteiger partial charge in [0.05, 0.1) is 5.69 Å². The van der Waals surface area contributed by atoms with Crippen molar-refractivity contribution in [2.24, 2.45) is 0 Å². The first-order valence-corrected chi connectivity index (χ1v) is 6.84. The van der Waals surface area contributed by atoms with Gasteiger partial charge in [0.15, 0.2) is 5.78 Å². The zero-order valence-electron chi connectivity index (χ0n) is 10.9. The van der Waals surface area contributed by atoms with Crippen LogP contribution in [0.1, 0.15) is 48.5 Å². The van der Waals surface area contributed by atoms with Gasteiger partial charge in [-0.3, -0.25) is 9.59 Å². The number of hydrogen-bond acceptors (Lipinski definition) is 2. The molecule has 1 unspecified atom stereocenters. The lowest BCUT2D eigenvalue weighted by Gasteiger charge is -2.24. The third-order valence-electron chi connectivity index (χ3n) is 4.62. The first kappa shape index (κ1) is 11.0. The number of rotatable bonds is 0. The van der Waals surface area contributed by atoms with E-state index >= 15 is 0 Å². The van der Waals surface area contributed by atoms with Gasteiger partial charge in [0.2, 0.25) is 5.91 Å². The average Bonchev–Trinajstić information content (AvgIpc) is 2.88. The summed E-state index contributed by atoms with van der Waals surface area (Å²) in [6.07, 6.45) is 2.97. The molecule has 1 aromatic carbocycles. The zero-order valence-corrected chi connectivity index (χ0v) is 10.9.